The highest BCUT2D eigenvalue weighted by atomic mass is 35.5. The molecule has 1 atom stereocenters. The van der Waals surface area contributed by atoms with Crippen molar-refractivity contribution in [2.45, 2.75) is 25.8 Å². The molecule has 106 valence electrons. The summed E-state index contributed by atoms with van der Waals surface area (Å²) in [5, 5.41) is 13.6. The molecule has 0 amide bonds. The second-order valence-electron chi connectivity index (χ2n) is 5.02. The normalized spacial score (nSPS) is 12.3. The van der Waals surface area contributed by atoms with E-state index in [0.29, 0.717) is 17.5 Å². The van der Waals surface area contributed by atoms with Crippen molar-refractivity contribution in [3.63, 3.8) is 0 Å². The molecule has 20 heavy (non-hydrogen) atoms. The molecule has 0 saturated carbocycles. The van der Waals surface area contributed by atoms with E-state index < -0.39 is 0 Å². The van der Waals surface area contributed by atoms with Crippen LogP contribution in [0, 0.1) is 0 Å². The summed E-state index contributed by atoms with van der Waals surface area (Å²) in [7, 11) is 0. The van der Waals surface area contributed by atoms with Crippen LogP contribution in [0.1, 0.15) is 30.4 Å². The lowest BCUT2D eigenvalue weighted by molar-refractivity contribution is 0.463. The zero-order valence-corrected chi connectivity index (χ0v) is 12.4. The van der Waals surface area contributed by atoms with Gasteiger partial charge in [0.05, 0.1) is 5.02 Å². The largest absolute Gasteiger partial charge is 0.506 e. The predicted molar refractivity (Wildman–Crippen MR) is 84.3 cm³/mol. The maximum atomic E-state index is 9.81. The summed E-state index contributed by atoms with van der Waals surface area (Å²) in [4.78, 5) is 0. The van der Waals surface area contributed by atoms with E-state index in [4.69, 9.17) is 11.6 Å². The van der Waals surface area contributed by atoms with Crippen LogP contribution in [0.2, 0.25) is 5.02 Å². The minimum atomic E-state index is 0.178. The van der Waals surface area contributed by atoms with Gasteiger partial charge in [-0.2, -0.15) is 0 Å². The van der Waals surface area contributed by atoms with Crippen LogP contribution in [0.3, 0.4) is 0 Å². The molecule has 0 spiro atoms. The molecule has 3 heteroatoms. The van der Waals surface area contributed by atoms with Gasteiger partial charge in [0, 0.05) is 12.1 Å². The number of nitrogens with one attached hydrogen (secondary N) is 1. The molecule has 2 nitrogen and oxygen atoms in total. The van der Waals surface area contributed by atoms with Crippen molar-refractivity contribution < 1.29 is 5.11 Å². The first-order chi connectivity index (χ1) is 9.68. The van der Waals surface area contributed by atoms with E-state index in [9.17, 15) is 5.11 Å². The predicted octanol–water partition coefficient (Wildman–Crippen LogP) is 4.33. The van der Waals surface area contributed by atoms with Gasteiger partial charge in [0.1, 0.15) is 5.75 Å². The third-order valence-electron chi connectivity index (χ3n) is 3.51. The van der Waals surface area contributed by atoms with E-state index in [0.717, 1.165) is 18.5 Å². The molecule has 0 aliphatic heterocycles. The molecule has 2 rings (SSSR count). The molecule has 2 aromatic carbocycles. The van der Waals surface area contributed by atoms with Crippen LogP contribution >= 0.6 is 11.6 Å². The van der Waals surface area contributed by atoms with Crippen molar-refractivity contribution >= 4 is 11.6 Å². The average Bonchev–Trinajstić information content (AvgIpc) is 2.48. The fraction of sp³-hybridized carbons (Fsp3) is 0.294. The van der Waals surface area contributed by atoms with E-state index in [-0.39, 0.29) is 5.75 Å². The molecule has 0 saturated heterocycles. The second kappa shape index (κ2) is 7.32. The zero-order valence-electron chi connectivity index (χ0n) is 11.6. The summed E-state index contributed by atoms with van der Waals surface area (Å²) < 4.78 is 0. The van der Waals surface area contributed by atoms with Gasteiger partial charge in [0.2, 0.25) is 0 Å². The number of benzene rings is 2. The van der Waals surface area contributed by atoms with Gasteiger partial charge in [-0.1, -0.05) is 61.0 Å². The van der Waals surface area contributed by atoms with Crippen LogP contribution in [0.5, 0.6) is 5.75 Å². The third kappa shape index (κ3) is 3.99. The maximum Gasteiger partial charge on any atom is 0.138 e. The van der Waals surface area contributed by atoms with Crippen molar-refractivity contribution in [3.05, 3.63) is 64.7 Å². The molecule has 0 radical (unpaired) electrons. The highest BCUT2D eigenvalue weighted by molar-refractivity contribution is 6.32. The molecule has 0 heterocycles. The summed E-state index contributed by atoms with van der Waals surface area (Å²) in [5.74, 6) is 0.703. The van der Waals surface area contributed by atoms with E-state index in [1.807, 2.05) is 18.2 Å². The van der Waals surface area contributed by atoms with Crippen molar-refractivity contribution in [2.24, 2.45) is 0 Å². The van der Waals surface area contributed by atoms with Gasteiger partial charge in [0.25, 0.3) is 0 Å². The van der Waals surface area contributed by atoms with Crippen molar-refractivity contribution in [1.29, 1.82) is 0 Å². The number of halogens is 1. The standard InChI is InChI=1S/C17H20ClNO/c1-13(14-6-3-2-4-7-14)10-11-19-12-15-8-5-9-16(18)17(15)20/h2-9,13,19-20H,10-12H2,1H3. The maximum absolute atomic E-state index is 9.81. The summed E-state index contributed by atoms with van der Waals surface area (Å²) >= 11 is 5.88. The first-order valence-corrected chi connectivity index (χ1v) is 7.28. The quantitative estimate of drug-likeness (QED) is 0.776. The second-order valence-corrected chi connectivity index (χ2v) is 5.43. The highest BCUT2D eigenvalue weighted by Gasteiger charge is 2.06. The highest BCUT2D eigenvalue weighted by Crippen LogP contribution is 2.26. The Hall–Kier alpha value is -1.51. The molecular formula is C17H20ClNO. The fourth-order valence-electron chi connectivity index (χ4n) is 2.19. The minimum absolute atomic E-state index is 0.178. The van der Waals surface area contributed by atoms with Crippen molar-refractivity contribution in [2.75, 3.05) is 6.54 Å². The lowest BCUT2D eigenvalue weighted by Crippen LogP contribution is -2.16. The van der Waals surface area contributed by atoms with Crippen molar-refractivity contribution in [3.8, 4) is 5.75 Å². The number of phenols is 1. The van der Waals surface area contributed by atoms with Crippen LogP contribution in [0.25, 0.3) is 0 Å². The minimum Gasteiger partial charge on any atom is -0.506 e. The van der Waals surface area contributed by atoms with Gasteiger partial charge in [-0.15, -0.1) is 0 Å². The molecule has 0 bridgehead atoms. The fourth-order valence-corrected chi connectivity index (χ4v) is 2.39. The molecule has 0 aliphatic rings. The van der Waals surface area contributed by atoms with Gasteiger partial charge >= 0.3 is 0 Å². The van der Waals surface area contributed by atoms with E-state index in [1.54, 1.807) is 6.07 Å². The lowest BCUT2D eigenvalue weighted by atomic mass is 9.98. The third-order valence-corrected chi connectivity index (χ3v) is 3.81. The Kier molecular flexibility index (Phi) is 5.45. The first kappa shape index (κ1) is 14.9. The average molecular weight is 290 g/mol. The summed E-state index contributed by atoms with van der Waals surface area (Å²) in [6.45, 7) is 3.77. The Morgan fingerprint density at radius 1 is 1.10 bits per heavy atom. The topological polar surface area (TPSA) is 32.3 Å². The Labute approximate surface area is 125 Å². The SMILES string of the molecule is CC(CCNCc1cccc(Cl)c1O)c1ccccc1. The van der Waals surface area contributed by atoms with Crippen LogP contribution in [-0.4, -0.2) is 11.7 Å². The van der Waals surface area contributed by atoms with Gasteiger partial charge in [-0.05, 0) is 30.5 Å². The lowest BCUT2D eigenvalue weighted by Gasteiger charge is -2.13. The molecule has 0 fully saturated rings. The number of aromatic hydroxyl groups is 1. The molecule has 2 aromatic rings. The molecule has 1 unspecified atom stereocenters. The van der Waals surface area contributed by atoms with E-state index in [1.165, 1.54) is 5.56 Å². The smallest absolute Gasteiger partial charge is 0.138 e. The Morgan fingerprint density at radius 3 is 2.60 bits per heavy atom. The van der Waals surface area contributed by atoms with Crippen LogP contribution in [0.4, 0.5) is 0 Å². The Morgan fingerprint density at radius 2 is 1.85 bits per heavy atom. The summed E-state index contributed by atoms with van der Waals surface area (Å²) in [5.41, 5.74) is 2.20. The number of rotatable bonds is 6. The summed E-state index contributed by atoms with van der Waals surface area (Å²) in [6.07, 6.45) is 1.06. The number of hydrogen-bond donors (Lipinski definition) is 2. The number of phenolic OH excluding ortho intramolecular Hbond substituents is 1. The molecule has 2 N–H and O–H groups in total. The van der Waals surface area contributed by atoms with Crippen LogP contribution in [-0.2, 0) is 6.54 Å². The van der Waals surface area contributed by atoms with Crippen molar-refractivity contribution in [1.82, 2.24) is 5.32 Å². The van der Waals surface area contributed by atoms with E-state index in [2.05, 4.69) is 36.5 Å². The molecule has 0 aromatic heterocycles. The van der Waals surface area contributed by atoms with Gasteiger partial charge < -0.3 is 10.4 Å². The summed E-state index contributed by atoms with van der Waals surface area (Å²) in [6, 6.07) is 15.9. The van der Waals surface area contributed by atoms with E-state index >= 15 is 0 Å². The monoisotopic (exact) mass is 289 g/mol. The zero-order chi connectivity index (χ0) is 14.4. The van der Waals surface area contributed by atoms with Gasteiger partial charge in [-0.3, -0.25) is 0 Å². The van der Waals surface area contributed by atoms with Crippen LogP contribution < -0.4 is 5.32 Å². The Balaban J connectivity index is 1.78. The Bertz CT molecular complexity index is 542. The molecular weight excluding hydrogens is 270 g/mol. The van der Waals surface area contributed by atoms with Crippen LogP contribution in [0.15, 0.2) is 48.5 Å². The number of para-hydroxylation sites is 1. The van der Waals surface area contributed by atoms with Gasteiger partial charge in [0.15, 0.2) is 0 Å². The number of hydrogen-bond acceptors (Lipinski definition) is 2. The first-order valence-electron chi connectivity index (χ1n) is 6.90. The van der Waals surface area contributed by atoms with Gasteiger partial charge in [-0.25, -0.2) is 0 Å². The molecule has 0 aliphatic carbocycles.